The van der Waals surface area contributed by atoms with Gasteiger partial charge in [-0.1, -0.05) is 0 Å². The molecular formula is C19H29NO6. The maximum Gasteiger partial charge on any atom is 0.414 e. The minimum Gasteiger partial charge on any atom is -0.493 e. The van der Waals surface area contributed by atoms with E-state index in [1.165, 1.54) is 0 Å². The summed E-state index contributed by atoms with van der Waals surface area (Å²) in [6.45, 7) is 7.88. The van der Waals surface area contributed by atoms with E-state index >= 15 is 0 Å². The van der Waals surface area contributed by atoms with Crippen molar-refractivity contribution in [1.29, 1.82) is 0 Å². The lowest BCUT2D eigenvalue weighted by Gasteiger charge is -2.19. The van der Waals surface area contributed by atoms with Crippen LogP contribution in [-0.4, -0.2) is 58.1 Å². The van der Waals surface area contributed by atoms with E-state index in [1.54, 1.807) is 12.0 Å². The molecule has 0 bridgehead atoms. The summed E-state index contributed by atoms with van der Waals surface area (Å²) in [5, 5.41) is 0. The zero-order valence-electron chi connectivity index (χ0n) is 16.0. The number of anilines is 1. The molecule has 7 nitrogen and oxygen atoms in total. The van der Waals surface area contributed by atoms with Crippen molar-refractivity contribution in [3.8, 4) is 5.75 Å². The average molecular weight is 367 g/mol. The molecule has 1 aromatic carbocycles. The number of rotatable bonds is 11. The molecule has 1 aliphatic rings. The third-order valence-corrected chi connectivity index (χ3v) is 3.99. The molecule has 1 heterocycles. The lowest BCUT2D eigenvalue weighted by atomic mass is 10.2. The quantitative estimate of drug-likeness (QED) is 0.560. The highest BCUT2D eigenvalue weighted by Crippen LogP contribution is 2.24. The van der Waals surface area contributed by atoms with Crippen LogP contribution in [0.1, 0.15) is 27.2 Å². The van der Waals surface area contributed by atoms with Gasteiger partial charge in [-0.05, 0) is 45.0 Å². The molecule has 1 amide bonds. The Labute approximate surface area is 155 Å². The predicted molar refractivity (Wildman–Crippen MR) is 97.7 cm³/mol. The summed E-state index contributed by atoms with van der Waals surface area (Å²) >= 11 is 0. The summed E-state index contributed by atoms with van der Waals surface area (Å²) in [7, 11) is 1.59. The van der Waals surface area contributed by atoms with Gasteiger partial charge in [0, 0.05) is 25.8 Å². The second-order valence-corrected chi connectivity index (χ2v) is 6.17. The molecule has 7 heteroatoms. The highest BCUT2D eigenvalue weighted by Gasteiger charge is 2.32. The van der Waals surface area contributed by atoms with Crippen LogP contribution < -0.4 is 9.64 Å². The number of benzene rings is 1. The van der Waals surface area contributed by atoms with Gasteiger partial charge in [-0.3, -0.25) is 4.90 Å². The van der Waals surface area contributed by atoms with Gasteiger partial charge in [-0.15, -0.1) is 0 Å². The third kappa shape index (κ3) is 6.16. The van der Waals surface area contributed by atoms with Crippen molar-refractivity contribution in [2.75, 3.05) is 38.4 Å². The number of hydrogen-bond acceptors (Lipinski definition) is 6. The van der Waals surface area contributed by atoms with Crippen LogP contribution in [0.2, 0.25) is 0 Å². The molecule has 0 saturated carbocycles. The van der Waals surface area contributed by atoms with Gasteiger partial charge in [0.2, 0.25) is 0 Å². The maximum atomic E-state index is 11.9. The van der Waals surface area contributed by atoms with Crippen molar-refractivity contribution in [2.24, 2.45) is 0 Å². The Morgan fingerprint density at radius 1 is 1.27 bits per heavy atom. The van der Waals surface area contributed by atoms with Crippen molar-refractivity contribution in [3.05, 3.63) is 24.3 Å². The lowest BCUT2D eigenvalue weighted by Crippen LogP contribution is -2.25. The average Bonchev–Trinajstić information content (AvgIpc) is 2.96. The highest BCUT2D eigenvalue weighted by molar-refractivity contribution is 5.89. The Kier molecular flexibility index (Phi) is 8.15. The van der Waals surface area contributed by atoms with Crippen LogP contribution in [-0.2, 0) is 18.9 Å². The van der Waals surface area contributed by atoms with E-state index in [2.05, 4.69) is 0 Å². The van der Waals surface area contributed by atoms with Gasteiger partial charge in [-0.2, -0.15) is 0 Å². The maximum absolute atomic E-state index is 11.9. The Bertz CT molecular complexity index is 549. The van der Waals surface area contributed by atoms with E-state index in [0.29, 0.717) is 26.4 Å². The fourth-order valence-electron chi connectivity index (χ4n) is 2.74. The van der Waals surface area contributed by atoms with Crippen molar-refractivity contribution >= 4 is 11.8 Å². The molecule has 1 aromatic rings. The van der Waals surface area contributed by atoms with Crippen LogP contribution in [0.25, 0.3) is 0 Å². The summed E-state index contributed by atoms with van der Waals surface area (Å²) in [6.07, 6.45) is 0.0134. The van der Waals surface area contributed by atoms with Crippen LogP contribution in [0, 0.1) is 0 Å². The van der Waals surface area contributed by atoms with Gasteiger partial charge >= 0.3 is 6.09 Å². The first-order valence-electron chi connectivity index (χ1n) is 9.00. The van der Waals surface area contributed by atoms with E-state index in [9.17, 15) is 4.79 Å². The molecule has 0 aromatic heterocycles. The minimum absolute atomic E-state index is 0.0490. The zero-order chi connectivity index (χ0) is 18.9. The molecule has 3 atom stereocenters. The van der Waals surface area contributed by atoms with E-state index in [0.717, 1.165) is 17.9 Å². The van der Waals surface area contributed by atoms with Crippen LogP contribution in [0.4, 0.5) is 10.5 Å². The van der Waals surface area contributed by atoms with E-state index < -0.39 is 0 Å². The van der Waals surface area contributed by atoms with Crippen molar-refractivity contribution < 1.29 is 28.5 Å². The van der Waals surface area contributed by atoms with E-state index in [-0.39, 0.29) is 24.6 Å². The Hall–Kier alpha value is -1.83. The topological polar surface area (TPSA) is 66.5 Å². The van der Waals surface area contributed by atoms with Gasteiger partial charge in [0.15, 0.2) is 6.29 Å². The van der Waals surface area contributed by atoms with E-state index in [1.807, 2.05) is 45.0 Å². The second kappa shape index (κ2) is 10.4. The number of methoxy groups -OCH3 is 1. The van der Waals surface area contributed by atoms with Crippen molar-refractivity contribution in [3.63, 3.8) is 0 Å². The van der Waals surface area contributed by atoms with Crippen LogP contribution >= 0.6 is 0 Å². The molecule has 0 aliphatic carbocycles. The summed E-state index contributed by atoms with van der Waals surface area (Å²) < 4.78 is 27.1. The number of carbonyl (C=O) groups excluding carboxylic acids is 1. The number of hydrogen-bond donors (Lipinski definition) is 0. The Morgan fingerprint density at radius 3 is 2.65 bits per heavy atom. The monoisotopic (exact) mass is 367 g/mol. The molecule has 1 unspecified atom stereocenters. The normalized spacial score (nSPS) is 19.3. The number of nitrogens with zero attached hydrogens (tertiary/aromatic N) is 1. The molecule has 0 radical (unpaired) electrons. The third-order valence-electron chi connectivity index (χ3n) is 3.99. The van der Waals surface area contributed by atoms with Crippen molar-refractivity contribution in [2.45, 2.75) is 45.7 Å². The first-order valence-corrected chi connectivity index (χ1v) is 9.00. The molecular weight excluding hydrogens is 338 g/mol. The first-order chi connectivity index (χ1) is 12.5. The number of cyclic esters (lactones) is 1. The highest BCUT2D eigenvalue weighted by atomic mass is 16.7. The van der Waals surface area contributed by atoms with Crippen LogP contribution in [0.3, 0.4) is 0 Å². The van der Waals surface area contributed by atoms with E-state index in [4.69, 9.17) is 23.7 Å². The minimum atomic E-state index is -0.352. The molecule has 1 aliphatic heterocycles. The van der Waals surface area contributed by atoms with Gasteiger partial charge in [0.05, 0.1) is 25.9 Å². The van der Waals surface area contributed by atoms with Crippen LogP contribution in [0.5, 0.6) is 5.75 Å². The van der Waals surface area contributed by atoms with Gasteiger partial charge in [0.25, 0.3) is 0 Å². The molecule has 0 N–H and O–H groups in total. The number of amides is 1. The van der Waals surface area contributed by atoms with Gasteiger partial charge < -0.3 is 23.7 Å². The Morgan fingerprint density at radius 2 is 2.00 bits per heavy atom. The van der Waals surface area contributed by atoms with Gasteiger partial charge in [-0.25, -0.2) is 4.79 Å². The van der Waals surface area contributed by atoms with Crippen LogP contribution in [0.15, 0.2) is 24.3 Å². The molecule has 146 valence electrons. The van der Waals surface area contributed by atoms with Crippen molar-refractivity contribution in [1.82, 2.24) is 0 Å². The summed E-state index contributed by atoms with van der Waals surface area (Å²) in [4.78, 5) is 13.5. The summed E-state index contributed by atoms with van der Waals surface area (Å²) in [5.74, 6) is 0.750. The second-order valence-electron chi connectivity index (χ2n) is 6.17. The SMILES string of the molecule is CCOC(C)O[C@@H](C)CCOc1ccc(N2C[C@H](COC)OC2=O)cc1. The largest absolute Gasteiger partial charge is 0.493 e. The molecule has 0 spiro atoms. The molecule has 1 saturated heterocycles. The number of carbonyl (C=O) groups is 1. The summed E-state index contributed by atoms with van der Waals surface area (Å²) in [6, 6.07) is 7.40. The molecule has 1 fully saturated rings. The smallest absolute Gasteiger partial charge is 0.414 e. The summed E-state index contributed by atoms with van der Waals surface area (Å²) in [5.41, 5.74) is 0.781. The lowest BCUT2D eigenvalue weighted by molar-refractivity contribution is -0.155. The first kappa shape index (κ1) is 20.5. The van der Waals surface area contributed by atoms with Gasteiger partial charge in [0.1, 0.15) is 11.9 Å². The standard InChI is InChI=1S/C19H29NO6/c1-5-23-15(3)25-14(2)10-11-24-17-8-6-16(7-9-17)20-12-18(13-22-4)26-19(20)21/h6-9,14-15,18H,5,10-13H2,1-4H3/t14-,15?,18+/m0/s1. The molecule has 2 rings (SSSR count). The zero-order valence-corrected chi connectivity index (χ0v) is 16.0. The number of ether oxygens (including phenoxy) is 5. The Balaban J connectivity index is 1.76. The molecule has 26 heavy (non-hydrogen) atoms. The fourth-order valence-corrected chi connectivity index (χ4v) is 2.74. The fraction of sp³-hybridized carbons (Fsp3) is 0.632. The predicted octanol–water partition coefficient (Wildman–Crippen LogP) is 3.21.